The van der Waals surface area contributed by atoms with Crippen molar-refractivity contribution in [3.8, 4) is 0 Å². The van der Waals surface area contributed by atoms with E-state index in [2.05, 4.69) is 11.9 Å². The first kappa shape index (κ1) is 16.8. The Kier molecular flexibility index (Phi) is 5.27. The Hall–Kier alpha value is -1.06. The summed E-state index contributed by atoms with van der Waals surface area (Å²) in [6.07, 6.45) is 10.5. The molecule has 1 nitrogen and oxygen atoms in total. The molecule has 0 aliphatic heterocycles. The molecule has 3 rings (SSSR count). The standard InChI is InChI=1S/C19H26F3N/c1-2-12-3-5-13(6-4-12)14-7-9-15(10-8-14)16-11-17(20)19(22)23-18(16)21/h11-15H,2-10H2,1H3/t12-,13-,14-,15-. The van der Waals surface area contributed by atoms with Gasteiger partial charge in [0.05, 0.1) is 0 Å². The molecule has 1 heterocycles. The van der Waals surface area contributed by atoms with Crippen molar-refractivity contribution >= 4 is 0 Å². The van der Waals surface area contributed by atoms with Gasteiger partial charge in [-0.15, -0.1) is 0 Å². The fourth-order valence-electron chi connectivity index (χ4n) is 4.72. The third kappa shape index (κ3) is 3.72. The van der Waals surface area contributed by atoms with E-state index in [9.17, 15) is 13.2 Å². The first-order valence-electron chi connectivity index (χ1n) is 9.09. The Balaban J connectivity index is 1.58. The number of hydrogen-bond donors (Lipinski definition) is 0. The normalized spacial score (nSPS) is 32.0. The SMILES string of the molecule is CC[C@H]1CC[C@H]([C@H]2CC[C@H](c3cc(F)c(F)nc3F)CC2)CC1. The van der Waals surface area contributed by atoms with Gasteiger partial charge in [0.15, 0.2) is 5.82 Å². The largest absolute Gasteiger partial charge is 0.251 e. The lowest BCUT2D eigenvalue weighted by Gasteiger charge is -2.37. The zero-order valence-corrected chi connectivity index (χ0v) is 13.8. The Labute approximate surface area is 136 Å². The molecule has 2 saturated carbocycles. The summed E-state index contributed by atoms with van der Waals surface area (Å²) in [7, 11) is 0. The quantitative estimate of drug-likeness (QED) is 0.622. The number of hydrogen-bond acceptors (Lipinski definition) is 1. The van der Waals surface area contributed by atoms with Crippen molar-refractivity contribution in [2.75, 3.05) is 0 Å². The van der Waals surface area contributed by atoms with Crippen molar-refractivity contribution in [3.05, 3.63) is 29.3 Å². The zero-order valence-electron chi connectivity index (χ0n) is 13.8. The minimum atomic E-state index is -1.34. The number of nitrogens with zero attached hydrogens (tertiary/aromatic N) is 1. The summed E-state index contributed by atoms with van der Waals surface area (Å²) >= 11 is 0. The van der Waals surface area contributed by atoms with Crippen LogP contribution in [-0.2, 0) is 0 Å². The third-order valence-corrected chi connectivity index (χ3v) is 6.26. The lowest BCUT2D eigenvalue weighted by Crippen LogP contribution is -2.25. The molecule has 0 bridgehead atoms. The van der Waals surface area contributed by atoms with E-state index in [4.69, 9.17) is 0 Å². The molecular weight excluding hydrogens is 299 g/mol. The average molecular weight is 325 g/mol. The van der Waals surface area contributed by atoms with Crippen molar-refractivity contribution in [1.29, 1.82) is 0 Å². The summed E-state index contributed by atoms with van der Waals surface area (Å²) in [5.74, 6) is -0.785. The highest BCUT2D eigenvalue weighted by molar-refractivity contribution is 5.19. The Morgan fingerprint density at radius 3 is 2.00 bits per heavy atom. The fraction of sp³-hybridized carbons (Fsp3) is 0.737. The second-order valence-electron chi connectivity index (χ2n) is 7.44. The molecule has 1 aromatic heterocycles. The molecule has 0 radical (unpaired) electrons. The predicted molar refractivity (Wildman–Crippen MR) is 84.5 cm³/mol. The minimum Gasteiger partial charge on any atom is -0.202 e. The summed E-state index contributed by atoms with van der Waals surface area (Å²) in [5, 5.41) is 0. The van der Waals surface area contributed by atoms with Crippen molar-refractivity contribution in [3.63, 3.8) is 0 Å². The van der Waals surface area contributed by atoms with E-state index in [-0.39, 0.29) is 11.5 Å². The lowest BCUT2D eigenvalue weighted by atomic mass is 9.68. The van der Waals surface area contributed by atoms with Crippen molar-refractivity contribution in [2.45, 2.75) is 70.6 Å². The summed E-state index contributed by atoms with van der Waals surface area (Å²) in [6, 6.07) is 1.01. The molecule has 2 aliphatic carbocycles. The monoisotopic (exact) mass is 325 g/mol. The second-order valence-corrected chi connectivity index (χ2v) is 7.44. The number of rotatable bonds is 3. The topological polar surface area (TPSA) is 12.9 Å². The second kappa shape index (κ2) is 7.23. The Morgan fingerprint density at radius 2 is 1.43 bits per heavy atom. The molecule has 0 amide bonds. The molecule has 1 aromatic rings. The number of halogens is 3. The van der Waals surface area contributed by atoms with Crippen LogP contribution in [0, 0.1) is 35.5 Å². The molecule has 4 heteroatoms. The molecule has 0 saturated heterocycles. The van der Waals surface area contributed by atoms with Gasteiger partial charge in [-0.25, -0.2) is 4.39 Å². The van der Waals surface area contributed by atoms with Gasteiger partial charge in [0.1, 0.15) is 0 Å². The summed E-state index contributed by atoms with van der Waals surface area (Å²) in [5.41, 5.74) is 0.261. The van der Waals surface area contributed by atoms with Gasteiger partial charge < -0.3 is 0 Å². The van der Waals surface area contributed by atoms with E-state index in [1.54, 1.807) is 0 Å². The summed E-state index contributed by atoms with van der Waals surface area (Å²) < 4.78 is 40.1. The van der Waals surface area contributed by atoms with Crippen molar-refractivity contribution in [1.82, 2.24) is 4.98 Å². The van der Waals surface area contributed by atoms with Crippen LogP contribution in [0.2, 0.25) is 0 Å². The molecule has 0 atom stereocenters. The van der Waals surface area contributed by atoms with Gasteiger partial charge in [-0.3, -0.25) is 0 Å². The van der Waals surface area contributed by atoms with E-state index in [0.29, 0.717) is 0 Å². The zero-order chi connectivity index (χ0) is 16.4. The van der Waals surface area contributed by atoms with Crippen molar-refractivity contribution < 1.29 is 13.2 Å². The molecule has 23 heavy (non-hydrogen) atoms. The highest BCUT2D eigenvalue weighted by atomic mass is 19.2. The van der Waals surface area contributed by atoms with E-state index in [1.165, 1.54) is 32.1 Å². The number of aromatic nitrogens is 1. The van der Waals surface area contributed by atoms with Crippen LogP contribution in [0.25, 0.3) is 0 Å². The van der Waals surface area contributed by atoms with Gasteiger partial charge in [0.2, 0.25) is 5.95 Å². The molecule has 2 aliphatic rings. The van der Waals surface area contributed by atoms with Crippen LogP contribution in [0.1, 0.15) is 76.2 Å². The molecule has 2 fully saturated rings. The fourth-order valence-corrected chi connectivity index (χ4v) is 4.72. The Bertz CT molecular complexity index is 530. The smallest absolute Gasteiger partial charge is 0.202 e. The van der Waals surface area contributed by atoms with E-state index >= 15 is 0 Å². The van der Waals surface area contributed by atoms with Gasteiger partial charge in [0.25, 0.3) is 5.95 Å². The molecule has 0 N–H and O–H groups in total. The molecule has 0 spiro atoms. The highest BCUT2D eigenvalue weighted by Gasteiger charge is 2.32. The molecule has 128 valence electrons. The van der Waals surface area contributed by atoms with Gasteiger partial charge in [0, 0.05) is 5.56 Å². The van der Waals surface area contributed by atoms with Gasteiger partial charge >= 0.3 is 0 Å². The van der Waals surface area contributed by atoms with Crippen LogP contribution in [0.15, 0.2) is 6.07 Å². The highest BCUT2D eigenvalue weighted by Crippen LogP contribution is 2.44. The average Bonchev–Trinajstić information content (AvgIpc) is 2.58. The Morgan fingerprint density at radius 1 is 0.870 bits per heavy atom. The van der Waals surface area contributed by atoms with E-state index < -0.39 is 17.7 Å². The van der Waals surface area contributed by atoms with Crippen LogP contribution in [0.4, 0.5) is 13.2 Å². The van der Waals surface area contributed by atoms with Gasteiger partial charge in [-0.05, 0) is 68.3 Å². The van der Waals surface area contributed by atoms with Crippen LogP contribution in [-0.4, -0.2) is 4.98 Å². The van der Waals surface area contributed by atoms with Gasteiger partial charge in [-0.2, -0.15) is 13.8 Å². The predicted octanol–water partition coefficient (Wildman–Crippen LogP) is 5.99. The summed E-state index contributed by atoms with van der Waals surface area (Å²) in [4.78, 5) is 3.07. The first-order valence-corrected chi connectivity index (χ1v) is 9.09. The molecular formula is C19H26F3N. The molecule has 0 unspecified atom stereocenters. The minimum absolute atomic E-state index is 0.0131. The maximum atomic E-state index is 13.8. The third-order valence-electron chi connectivity index (χ3n) is 6.26. The van der Waals surface area contributed by atoms with Gasteiger partial charge in [-0.1, -0.05) is 26.2 Å². The maximum absolute atomic E-state index is 13.8. The van der Waals surface area contributed by atoms with E-state index in [0.717, 1.165) is 49.5 Å². The lowest BCUT2D eigenvalue weighted by molar-refractivity contribution is 0.157. The maximum Gasteiger partial charge on any atom is 0.251 e. The van der Waals surface area contributed by atoms with Crippen LogP contribution >= 0.6 is 0 Å². The molecule has 0 aromatic carbocycles. The number of pyridine rings is 1. The first-order chi connectivity index (χ1) is 11.1. The van der Waals surface area contributed by atoms with Crippen LogP contribution in [0.3, 0.4) is 0 Å². The van der Waals surface area contributed by atoms with E-state index in [1.807, 2.05) is 0 Å². The summed E-state index contributed by atoms with van der Waals surface area (Å²) in [6.45, 7) is 2.28. The van der Waals surface area contributed by atoms with Crippen LogP contribution < -0.4 is 0 Å². The van der Waals surface area contributed by atoms with Crippen molar-refractivity contribution in [2.24, 2.45) is 17.8 Å². The van der Waals surface area contributed by atoms with Crippen LogP contribution in [0.5, 0.6) is 0 Å².